The standard InChI is InChI=1S/C30H32O4S4/c1-19-20(2)36-29(35-19)27-23-5-9-25(10-6-23)33-17-15-31-13-14-32-16-18-34-26-11-7-24(8-12-26)28(27)30-37-21(3)22(4)38-30/h5-12H,13-18H2,1-4H3. The van der Waals surface area contributed by atoms with E-state index in [2.05, 4.69) is 76.2 Å². The van der Waals surface area contributed by atoms with Gasteiger partial charge in [0.1, 0.15) is 24.7 Å². The van der Waals surface area contributed by atoms with Crippen LogP contribution in [0.2, 0.25) is 0 Å². The van der Waals surface area contributed by atoms with Gasteiger partial charge in [0.15, 0.2) is 0 Å². The van der Waals surface area contributed by atoms with Crippen LogP contribution in [0.5, 0.6) is 11.5 Å². The van der Waals surface area contributed by atoms with Gasteiger partial charge >= 0.3 is 0 Å². The largest absolute Gasteiger partial charge is 0.491 e. The topological polar surface area (TPSA) is 36.9 Å². The Morgan fingerprint density at radius 3 is 1.11 bits per heavy atom. The number of hydrogen-bond acceptors (Lipinski definition) is 8. The molecule has 38 heavy (non-hydrogen) atoms. The first-order valence-electron chi connectivity index (χ1n) is 12.7. The SMILES string of the molecule is CC1=C(C)SC(=C2C(=C3SC(C)=C(C)S3)c3ccc(cc3)OCCOCCOCCOc3ccc2cc3)S1. The average molecular weight is 585 g/mol. The molecule has 5 aliphatic heterocycles. The fourth-order valence-electron chi connectivity index (χ4n) is 4.01. The number of rotatable bonds is 0. The van der Waals surface area contributed by atoms with E-state index in [-0.39, 0.29) is 0 Å². The minimum atomic E-state index is 0.503. The summed E-state index contributed by atoms with van der Waals surface area (Å²) in [4.78, 5) is 5.43. The maximum Gasteiger partial charge on any atom is 0.119 e. The molecule has 0 aromatic heterocycles. The maximum atomic E-state index is 5.96. The monoisotopic (exact) mass is 584 g/mol. The molecule has 0 radical (unpaired) electrons. The van der Waals surface area contributed by atoms with E-state index in [1.807, 2.05) is 47.0 Å². The van der Waals surface area contributed by atoms with Gasteiger partial charge in [-0.15, -0.1) is 0 Å². The van der Waals surface area contributed by atoms with Crippen LogP contribution in [0, 0.1) is 0 Å². The number of ether oxygens (including phenoxy) is 4. The summed E-state index contributed by atoms with van der Waals surface area (Å²) in [5.74, 6) is 1.69. The molecule has 7 rings (SSSR count). The van der Waals surface area contributed by atoms with E-state index in [9.17, 15) is 0 Å². The minimum Gasteiger partial charge on any atom is -0.491 e. The summed E-state index contributed by atoms with van der Waals surface area (Å²) < 4.78 is 25.8. The maximum absolute atomic E-state index is 5.96. The van der Waals surface area contributed by atoms with Gasteiger partial charge in [-0.25, -0.2) is 0 Å². The Morgan fingerprint density at radius 1 is 0.447 bits per heavy atom. The van der Waals surface area contributed by atoms with Crippen molar-refractivity contribution in [1.82, 2.24) is 0 Å². The van der Waals surface area contributed by atoms with Crippen molar-refractivity contribution in [1.29, 1.82) is 0 Å². The molecule has 2 aromatic rings. The third kappa shape index (κ3) is 6.72. The first-order chi connectivity index (χ1) is 18.5. The smallest absolute Gasteiger partial charge is 0.119 e. The number of hydrogen-bond donors (Lipinski definition) is 0. The zero-order valence-corrected chi connectivity index (χ0v) is 25.4. The van der Waals surface area contributed by atoms with E-state index in [1.54, 1.807) is 0 Å². The molecule has 0 atom stereocenters. The van der Waals surface area contributed by atoms with Crippen LogP contribution in [-0.2, 0) is 9.47 Å². The second kappa shape index (κ2) is 13.1. The van der Waals surface area contributed by atoms with Crippen molar-refractivity contribution in [3.63, 3.8) is 0 Å². The molecule has 0 spiro atoms. The van der Waals surface area contributed by atoms with E-state index in [1.165, 1.54) is 50.4 Å². The highest BCUT2D eigenvalue weighted by Crippen LogP contribution is 2.59. The summed E-state index contributed by atoms with van der Waals surface area (Å²) in [6.45, 7) is 12.0. The molecule has 0 saturated carbocycles. The second-order valence-electron chi connectivity index (χ2n) is 8.93. The third-order valence-corrected chi connectivity index (χ3v) is 11.5. The van der Waals surface area contributed by atoms with Gasteiger partial charge in [-0.3, -0.25) is 0 Å². The predicted molar refractivity (Wildman–Crippen MR) is 166 cm³/mol. The number of allylic oxidation sites excluding steroid dienone is 6. The highest BCUT2D eigenvalue weighted by molar-refractivity contribution is 8.29. The van der Waals surface area contributed by atoms with Crippen molar-refractivity contribution in [3.8, 4) is 11.5 Å². The Bertz CT molecular complexity index is 1160. The van der Waals surface area contributed by atoms with Crippen molar-refractivity contribution in [2.75, 3.05) is 39.6 Å². The summed E-state index contributed by atoms with van der Waals surface area (Å²) in [5, 5.41) is 0. The van der Waals surface area contributed by atoms with Crippen LogP contribution in [0.25, 0.3) is 11.1 Å². The van der Waals surface area contributed by atoms with Gasteiger partial charge in [-0.05, 0) is 82.7 Å². The van der Waals surface area contributed by atoms with Gasteiger partial charge in [-0.1, -0.05) is 71.3 Å². The van der Waals surface area contributed by atoms with E-state index < -0.39 is 0 Å². The van der Waals surface area contributed by atoms with Crippen molar-refractivity contribution in [2.45, 2.75) is 27.7 Å². The van der Waals surface area contributed by atoms with Gasteiger partial charge in [0.05, 0.1) is 34.9 Å². The Morgan fingerprint density at radius 2 is 0.763 bits per heavy atom. The van der Waals surface area contributed by atoms with E-state index in [0.29, 0.717) is 39.6 Å². The Balaban J connectivity index is 1.62. The van der Waals surface area contributed by atoms with Crippen LogP contribution in [0.15, 0.2) is 76.6 Å². The molecule has 8 heteroatoms. The van der Waals surface area contributed by atoms with Crippen molar-refractivity contribution in [2.24, 2.45) is 0 Å². The first kappa shape index (κ1) is 27.9. The molecular weight excluding hydrogens is 553 g/mol. The lowest BCUT2D eigenvalue weighted by Crippen LogP contribution is -2.13. The fourth-order valence-corrected chi connectivity index (χ4v) is 9.32. The van der Waals surface area contributed by atoms with Crippen molar-refractivity contribution < 1.29 is 18.9 Å². The molecule has 0 fully saturated rings. The van der Waals surface area contributed by atoms with E-state index in [4.69, 9.17) is 18.9 Å². The highest BCUT2D eigenvalue weighted by atomic mass is 32.2. The van der Waals surface area contributed by atoms with Gasteiger partial charge in [-0.2, -0.15) is 0 Å². The van der Waals surface area contributed by atoms with Gasteiger partial charge in [0.2, 0.25) is 0 Å². The second-order valence-corrected chi connectivity index (χ2v) is 14.3. The summed E-state index contributed by atoms with van der Waals surface area (Å²) in [5.41, 5.74) is 4.90. The summed E-state index contributed by atoms with van der Waals surface area (Å²) in [7, 11) is 0. The Labute approximate surface area is 242 Å². The molecule has 5 aliphatic rings. The number of benzene rings is 2. The average Bonchev–Trinajstić information content (AvgIpc) is 3.43. The molecular formula is C30H32O4S4. The molecule has 0 saturated heterocycles. The molecule has 4 nitrogen and oxygen atoms in total. The van der Waals surface area contributed by atoms with Crippen LogP contribution in [-0.4, -0.2) is 39.6 Å². The quantitative estimate of drug-likeness (QED) is 0.304. The van der Waals surface area contributed by atoms with Crippen LogP contribution < -0.4 is 9.47 Å². The van der Waals surface area contributed by atoms with Crippen LogP contribution in [0.3, 0.4) is 0 Å². The van der Waals surface area contributed by atoms with E-state index >= 15 is 0 Å². The summed E-state index contributed by atoms with van der Waals surface area (Å²) >= 11 is 7.49. The molecule has 0 amide bonds. The molecule has 0 unspecified atom stereocenters. The minimum absolute atomic E-state index is 0.503. The number of thioether (sulfide) groups is 4. The lowest BCUT2D eigenvalue weighted by atomic mass is 9.94. The molecule has 4 bridgehead atoms. The van der Waals surface area contributed by atoms with Gasteiger partial charge < -0.3 is 18.9 Å². The van der Waals surface area contributed by atoms with Crippen molar-refractivity contribution >= 4 is 58.2 Å². The molecule has 2 aromatic carbocycles. The van der Waals surface area contributed by atoms with Crippen LogP contribution >= 0.6 is 47.0 Å². The Kier molecular flexibility index (Phi) is 9.62. The van der Waals surface area contributed by atoms with Crippen LogP contribution in [0.1, 0.15) is 38.8 Å². The predicted octanol–water partition coefficient (Wildman–Crippen LogP) is 8.99. The van der Waals surface area contributed by atoms with Gasteiger partial charge in [0.25, 0.3) is 0 Å². The van der Waals surface area contributed by atoms with Crippen LogP contribution in [0.4, 0.5) is 0 Å². The summed E-state index contributed by atoms with van der Waals surface area (Å²) in [6, 6.07) is 17.0. The van der Waals surface area contributed by atoms with Crippen molar-refractivity contribution in [3.05, 3.63) is 87.8 Å². The fraction of sp³-hybridized carbons (Fsp3) is 0.333. The normalized spacial score (nSPS) is 19.9. The molecule has 5 heterocycles. The molecule has 200 valence electrons. The summed E-state index contributed by atoms with van der Waals surface area (Å²) in [6.07, 6.45) is 0. The highest BCUT2D eigenvalue weighted by Gasteiger charge is 2.28. The third-order valence-electron chi connectivity index (χ3n) is 6.28. The lowest BCUT2D eigenvalue weighted by molar-refractivity contribution is 0.0273. The lowest BCUT2D eigenvalue weighted by Gasteiger charge is -2.20. The zero-order valence-electron chi connectivity index (χ0n) is 22.1. The molecule has 0 N–H and O–H groups in total. The first-order valence-corrected chi connectivity index (χ1v) is 15.9. The van der Waals surface area contributed by atoms with Gasteiger partial charge in [0, 0.05) is 11.1 Å². The number of fused-ring (bicyclic) bond motifs is 2. The molecule has 0 aliphatic carbocycles. The van der Waals surface area contributed by atoms with E-state index in [0.717, 1.165) is 11.5 Å². The zero-order chi connectivity index (χ0) is 26.5. The Hall–Kier alpha value is -1.68.